The fourth-order valence-electron chi connectivity index (χ4n) is 3.79. The van der Waals surface area contributed by atoms with Crippen LogP contribution in [0.3, 0.4) is 0 Å². The summed E-state index contributed by atoms with van der Waals surface area (Å²) in [6, 6.07) is 25.9. The average molecular weight is 402 g/mol. The molecule has 0 aliphatic carbocycles. The smallest absolute Gasteiger partial charge is 0.135 e. The number of hydrogen-bond acceptors (Lipinski definition) is 4. The number of aliphatic hydroxyl groups excluding tert-OH is 2. The first kappa shape index (κ1) is 20.3. The Labute approximate surface area is 176 Å². The van der Waals surface area contributed by atoms with Crippen LogP contribution in [0.2, 0.25) is 0 Å². The van der Waals surface area contributed by atoms with E-state index in [1.54, 1.807) is 0 Å². The van der Waals surface area contributed by atoms with Crippen molar-refractivity contribution < 1.29 is 14.9 Å². The molecule has 4 aromatic rings. The largest absolute Gasteiger partial charge is 0.389 e. The second kappa shape index (κ2) is 9.22. The molecule has 0 aliphatic heterocycles. The zero-order chi connectivity index (χ0) is 20.9. The second-order valence-corrected chi connectivity index (χ2v) is 7.42. The van der Waals surface area contributed by atoms with E-state index in [4.69, 9.17) is 4.74 Å². The predicted molar refractivity (Wildman–Crippen MR) is 117 cm³/mol. The maximum Gasteiger partial charge on any atom is 0.135 e. The lowest BCUT2D eigenvalue weighted by Crippen LogP contribution is -2.24. The minimum Gasteiger partial charge on any atom is -0.389 e. The summed E-state index contributed by atoms with van der Waals surface area (Å²) in [5, 5.41) is 20.4. The normalized spacial score (nSPS) is 13.4. The Bertz CT molecular complexity index is 1110. The maximum absolute atomic E-state index is 10.8. The van der Waals surface area contributed by atoms with Gasteiger partial charge in [-0.15, -0.1) is 0 Å². The Morgan fingerprint density at radius 3 is 2.40 bits per heavy atom. The van der Waals surface area contributed by atoms with Gasteiger partial charge >= 0.3 is 0 Å². The van der Waals surface area contributed by atoms with Gasteiger partial charge in [0.25, 0.3) is 0 Å². The molecule has 5 heteroatoms. The van der Waals surface area contributed by atoms with Crippen LogP contribution in [0.15, 0.2) is 78.9 Å². The summed E-state index contributed by atoms with van der Waals surface area (Å²) < 4.78 is 8.10. The maximum atomic E-state index is 10.8. The van der Waals surface area contributed by atoms with Gasteiger partial charge in [0.1, 0.15) is 18.5 Å². The zero-order valence-corrected chi connectivity index (χ0v) is 17.0. The Kier molecular flexibility index (Phi) is 6.23. The van der Waals surface area contributed by atoms with E-state index in [1.165, 1.54) is 0 Å². The van der Waals surface area contributed by atoms with Gasteiger partial charge in [0, 0.05) is 0 Å². The van der Waals surface area contributed by atoms with E-state index in [-0.39, 0.29) is 19.3 Å². The van der Waals surface area contributed by atoms with E-state index in [0.717, 1.165) is 27.7 Å². The van der Waals surface area contributed by atoms with Crippen LogP contribution in [0.4, 0.5) is 0 Å². The van der Waals surface area contributed by atoms with Crippen molar-refractivity contribution in [2.45, 2.75) is 32.3 Å². The molecule has 0 saturated carbocycles. The average Bonchev–Trinajstić information content (AvgIpc) is 3.13. The van der Waals surface area contributed by atoms with E-state index in [1.807, 2.05) is 71.3 Å². The van der Waals surface area contributed by atoms with Crippen LogP contribution in [-0.2, 0) is 17.9 Å². The lowest BCUT2D eigenvalue weighted by atomic mass is 9.97. The highest BCUT2D eigenvalue weighted by Gasteiger charge is 2.20. The van der Waals surface area contributed by atoms with Gasteiger partial charge in [0.2, 0.25) is 0 Å². The summed E-state index contributed by atoms with van der Waals surface area (Å²) in [5.74, 6) is 0.536. The molecule has 4 rings (SSSR count). The predicted octanol–water partition coefficient (Wildman–Crippen LogP) is 4.00. The van der Waals surface area contributed by atoms with Gasteiger partial charge in [-0.1, -0.05) is 66.7 Å². The molecular weight excluding hydrogens is 376 g/mol. The van der Waals surface area contributed by atoms with Crippen molar-refractivity contribution in [1.82, 2.24) is 9.55 Å². The van der Waals surface area contributed by atoms with Crippen molar-refractivity contribution in [3.63, 3.8) is 0 Å². The number of aliphatic hydroxyl groups is 2. The molecular formula is C25H26N2O3. The van der Waals surface area contributed by atoms with Crippen LogP contribution in [0.1, 0.15) is 28.6 Å². The molecule has 0 bridgehead atoms. The minimum absolute atomic E-state index is 0.158. The first-order valence-electron chi connectivity index (χ1n) is 10.1. The standard InChI is InChI=1S/C25H26N2O3/c1-18-9-5-6-12-21(18)25(19-10-3-2-4-11-19)30-17-20(29)15-27-23-14-8-7-13-22(23)26-24(27)16-28/h2-14,20,25,28-29H,15-17H2,1H3. The Balaban J connectivity index is 1.54. The van der Waals surface area contributed by atoms with Crippen molar-refractivity contribution >= 4 is 11.0 Å². The van der Waals surface area contributed by atoms with Gasteiger partial charge in [-0.3, -0.25) is 0 Å². The highest BCUT2D eigenvalue weighted by molar-refractivity contribution is 5.75. The highest BCUT2D eigenvalue weighted by Crippen LogP contribution is 2.28. The van der Waals surface area contributed by atoms with Crippen LogP contribution < -0.4 is 0 Å². The third-order valence-electron chi connectivity index (χ3n) is 5.30. The summed E-state index contributed by atoms with van der Waals surface area (Å²) in [6.07, 6.45) is -1.01. The minimum atomic E-state index is -0.747. The molecule has 0 amide bonds. The molecule has 30 heavy (non-hydrogen) atoms. The molecule has 2 atom stereocenters. The molecule has 0 fully saturated rings. The summed E-state index contributed by atoms with van der Waals surface area (Å²) in [5.41, 5.74) is 4.96. The lowest BCUT2D eigenvalue weighted by Gasteiger charge is -2.23. The molecule has 0 radical (unpaired) electrons. The fraction of sp³-hybridized carbons (Fsp3) is 0.240. The van der Waals surface area contributed by atoms with Crippen molar-refractivity contribution in [2.24, 2.45) is 0 Å². The third kappa shape index (κ3) is 4.28. The second-order valence-electron chi connectivity index (χ2n) is 7.42. The van der Waals surface area contributed by atoms with Crippen LogP contribution in [0, 0.1) is 6.92 Å². The number of imidazole rings is 1. The van der Waals surface area contributed by atoms with E-state index >= 15 is 0 Å². The first-order valence-corrected chi connectivity index (χ1v) is 10.1. The number of ether oxygens (including phenoxy) is 1. The lowest BCUT2D eigenvalue weighted by molar-refractivity contribution is -0.000932. The SMILES string of the molecule is Cc1ccccc1C(OCC(O)Cn1c(CO)nc2ccccc21)c1ccccc1. The Morgan fingerprint density at radius 1 is 0.933 bits per heavy atom. The number of rotatable bonds is 8. The van der Waals surface area contributed by atoms with Crippen LogP contribution >= 0.6 is 0 Å². The summed E-state index contributed by atoms with van der Waals surface area (Å²) in [4.78, 5) is 4.45. The number of aryl methyl sites for hydroxylation is 1. The van der Waals surface area contributed by atoms with Gasteiger partial charge in [0.05, 0.1) is 30.3 Å². The monoisotopic (exact) mass is 402 g/mol. The third-order valence-corrected chi connectivity index (χ3v) is 5.30. The molecule has 1 heterocycles. The van der Waals surface area contributed by atoms with E-state index < -0.39 is 6.10 Å². The number of para-hydroxylation sites is 2. The zero-order valence-electron chi connectivity index (χ0n) is 17.0. The number of hydrogen-bond donors (Lipinski definition) is 2. The van der Waals surface area contributed by atoms with Gasteiger partial charge in [-0.25, -0.2) is 4.98 Å². The number of fused-ring (bicyclic) bond motifs is 1. The molecule has 2 N–H and O–H groups in total. The first-order chi connectivity index (χ1) is 14.7. The van der Waals surface area contributed by atoms with Gasteiger partial charge in [-0.05, 0) is 35.7 Å². The van der Waals surface area contributed by atoms with Gasteiger partial charge in [0.15, 0.2) is 0 Å². The number of aromatic nitrogens is 2. The van der Waals surface area contributed by atoms with Crippen molar-refractivity contribution in [1.29, 1.82) is 0 Å². The van der Waals surface area contributed by atoms with Crippen molar-refractivity contribution in [3.8, 4) is 0 Å². The van der Waals surface area contributed by atoms with Crippen molar-refractivity contribution in [2.75, 3.05) is 6.61 Å². The summed E-state index contributed by atoms with van der Waals surface area (Å²) >= 11 is 0. The summed E-state index contributed by atoms with van der Waals surface area (Å²) in [7, 11) is 0. The van der Waals surface area contributed by atoms with E-state index in [2.05, 4.69) is 24.0 Å². The van der Waals surface area contributed by atoms with E-state index in [9.17, 15) is 10.2 Å². The highest BCUT2D eigenvalue weighted by atomic mass is 16.5. The van der Waals surface area contributed by atoms with Crippen molar-refractivity contribution in [3.05, 3.63) is 101 Å². The molecule has 3 aromatic carbocycles. The van der Waals surface area contributed by atoms with Crippen LogP contribution in [-0.4, -0.2) is 32.5 Å². The summed E-state index contributed by atoms with van der Waals surface area (Å²) in [6.45, 7) is 2.34. The molecule has 2 unspecified atom stereocenters. The van der Waals surface area contributed by atoms with Gasteiger partial charge in [-0.2, -0.15) is 0 Å². The number of nitrogens with zero attached hydrogens (tertiary/aromatic N) is 2. The van der Waals surface area contributed by atoms with Crippen LogP contribution in [0.5, 0.6) is 0 Å². The number of benzene rings is 3. The fourth-order valence-corrected chi connectivity index (χ4v) is 3.79. The quantitative estimate of drug-likeness (QED) is 0.467. The topological polar surface area (TPSA) is 67.5 Å². The molecule has 154 valence electrons. The molecule has 1 aromatic heterocycles. The molecule has 0 saturated heterocycles. The van der Waals surface area contributed by atoms with Gasteiger partial charge < -0.3 is 19.5 Å². The Hall–Kier alpha value is -2.99. The molecule has 0 aliphatic rings. The molecule has 5 nitrogen and oxygen atoms in total. The Morgan fingerprint density at radius 2 is 1.63 bits per heavy atom. The van der Waals surface area contributed by atoms with Crippen LogP contribution in [0.25, 0.3) is 11.0 Å². The van der Waals surface area contributed by atoms with E-state index in [0.29, 0.717) is 12.4 Å². The molecule has 0 spiro atoms.